The lowest BCUT2D eigenvalue weighted by Gasteiger charge is -2.09. The average molecular weight is 303 g/mol. The van der Waals surface area contributed by atoms with Gasteiger partial charge < -0.3 is 0 Å². The van der Waals surface area contributed by atoms with Crippen LogP contribution in [-0.4, -0.2) is 0 Å². The molecular formula is C22H38. The van der Waals surface area contributed by atoms with E-state index in [0.717, 1.165) is 0 Å². The Hall–Kier alpha value is -0.780. The summed E-state index contributed by atoms with van der Waals surface area (Å²) in [5.74, 6) is 0. The van der Waals surface area contributed by atoms with Gasteiger partial charge in [0.1, 0.15) is 0 Å². The second kappa shape index (κ2) is 13.9. The lowest BCUT2D eigenvalue weighted by molar-refractivity contribution is 0.556. The van der Waals surface area contributed by atoms with Crippen molar-refractivity contribution in [2.24, 2.45) is 0 Å². The Morgan fingerprint density at radius 2 is 0.909 bits per heavy atom. The predicted octanol–water partition coefficient (Wildman–Crippen LogP) is 7.49. The molecule has 0 atom stereocenters. The standard InChI is InChI=1S/C22H38/c1-3-5-7-8-9-10-11-12-13-14-18-22-20-16-15-19-21(22)17-6-4-2/h15-16,19-20H,3-14,17-18H2,1-2H3. The third-order valence-corrected chi connectivity index (χ3v) is 4.72. The molecule has 0 heteroatoms. The Morgan fingerprint density at radius 3 is 1.41 bits per heavy atom. The molecular weight excluding hydrogens is 264 g/mol. The average Bonchev–Trinajstić information content (AvgIpc) is 2.55. The highest BCUT2D eigenvalue weighted by atomic mass is 14.1. The number of aryl methyl sites for hydroxylation is 2. The second-order valence-electron chi connectivity index (χ2n) is 6.80. The van der Waals surface area contributed by atoms with Gasteiger partial charge >= 0.3 is 0 Å². The monoisotopic (exact) mass is 302 g/mol. The Kier molecular flexibility index (Phi) is 12.1. The van der Waals surface area contributed by atoms with Crippen LogP contribution in [0.5, 0.6) is 0 Å². The molecule has 0 aliphatic rings. The van der Waals surface area contributed by atoms with Crippen LogP contribution in [0, 0.1) is 0 Å². The smallest absolute Gasteiger partial charge is 0.0276 e. The molecule has 0 aliphatic heterocycles. The summed E-state index contributed by atoms with van der Waals surface area (Å²) in [7, 11) is 0. The zero-order valence-corrected chi connectivity index (χ0v) is 15.2. The summed E-state index contributed by atoms with van der Waals surface area (Å²) < 4.78 is 0. The first kappa shape index (κ1) is 19.3. The van der Waals surface area contributed by atoms with Gasteiger partial charge in [0.05, 0.1) is 0 Å². The second-order valence-corrected chi connectivity index (χ2v) is 6.80. The van der Waals surface area contributed by atoms with E-state index in [0.29, 0.717) is 0 Å². The summed E-state index contributed by atoms with van der Waals surface area (Å²) in [5, 5.41) is 0. The van der Waals surface area contributed by atoms with E-state index in [4.69, 9.17) is 0 Å². The molecule has 0 nitrogen and oxygen atoms in total. The maximum Gasteiger partial charge on any atom is -0.0276 e. The summed E-state index contributed by atoms with van der Waals surface area (Å²) in [6.07, 6.45) is 19.5. The lowest BCUT2D eigenvalue weighted by Crippen LogP contribution is -1.94. The first-order chi connectivity index (χ1) is 10.9. The van der Waals surface area contributed by atoms with Crippen LogP contribution in [0.25, 0.3) is 0 Å². The molecule has 0 amide bonds. The molecule has 0 spiro atoms. The van der Waals surface area contributed by atoms with Crippen LogP contribution in [0.2, 0.25) is 0 Å². The van der Waals surface area contributed by atoms with Crippen molar-refractivity contribution in [3.8, 4) is 0 Å². The van der Waals surface area contributed by atoms with E-state index in [1.807, 2.05) is 0 Å². The summed E-state index contributed by atoms with van der Waals surface area (Å²) in [5.41, 5.74) is 3.20. The van der Waals surface area contributed by atoms with Crippen molar-refractivity contribution in [2.45, 2.75) is 104 Å². The van der Waals surface area contributed by atoms with Gasteiger partial charge in [-0.15, -0.1) is 0 Å². The number of hydrogen-bond donors (Lipinski definition) is 0. The highest BCUT2D eigenvalue weighted by Crippen LogP contribution is 2.16. The molecule has 0 N–H and O–H groups in total. The van der Waals surface area contributed by atoms with Gasteiger partial charge in [0, 0.05) is 0 Å². The Balaban J connectivity index is 2.05. The molecule has 0 saturated carbocycles. The zero-order chi connectivity index (χ0) is 15.9. The fraction of sp³-hybridized carbons (Fsp3) is 0.727. The third-order valence-electron chi connectivity index (χ3n) is 4.72. The number of benzene rings is 1. The third kappa shape index (κ3) is 9.28. The maximum atomic E-state index is 2.35. The molecule has 0 aliphatic carbocycles. The Bertz CT molecular complexity index is 353. The van der Waals surface area contributed by atoms with Crippen LogP contribution >= 0.6 is 0 Å². The minimum Gasteiger partial charge on any atom is -0.0654 e. The fourth-order valence-corrected chi connectivity index (χ4v) is 3.22. The maximum absolute atomic E-state index is 2.35. The molecule has 0 radical (unpaired) electrons. The highest BCUT2D eigenvalue weighted by molar-refractivity contribution is 5.27. The van der Waals surface area contributed by atoms with Crippen molar-refractivity contribution in [3.05, 3.63) is 35.4 Å². The predicted molar refractivity (Wildman–Crippen MR) is 101 cm³/mol. The molecule has 1 rings (SSSR count). The molecule has 22 heavy (non-hydrogen) atoms. The largest absolute Gasteiger partial charge is 0.0654 e. The first-order valence-corrected chi connectivity index (χ1v) is 9.95. The van der Waals surface area contributed by atoms with Crippen LogP contribution in [0.1, 0.15) is 102 Å². The molecule has 0 aromatic heterocycles. The van der Waals surface area contributed by atoms with Gasteiger partial charge in [0.2, 0.25) is 0 Å². The lowest BCUT2D eigenvalue weighted by atomic mass is 9.97. The van der Waals surface area contributed by atoms with Gasteiger partial charge in [0.15, 0.2) is 0 Å². The van der Waals surface area contributed by atoms with Crippen LogP contribution < -0.4 is 0 Å². The van der Waals surface area contributed by atoms with Crippen molar-refractivity contribution in [3.63, 3.8) is 0 Å². The van der Waals surface area contributed by atoms with Crippen molar-refractivity contribution >= 4 is 0 Å². The molecule has 0 saturated heterocycles. The summed E-state index contributed by atoms with van der Waals surface area (Å²) >= 11 is 0. The van der Waals surface area contributed by atoms with E-state index in [9.17, 15) is 0 Å². The minimum absolute atomic E-state index is 1.27. The Labute approximate surface area is 139 Å². The van der Waals surface area contributed by atoms with Crippen LogP contribution in [-0.2, 0) is 12.8 Å². The fourth-order valence-electron chi connectivity index (χ4n) is 3.22. The Morgan fingerprint density at radius 1 is 0.500 bits per heavy atom. The van der Waals surface area contributed by atoms with Crippen LogP contribution in [0.4, 0.5) is 0 Å². The van der Waals surface area contributed by atoms with Gasteiger partial charge in [-0.1, -0.05) is 102 Å². The van der Waals surface area contributed by atoms with Gasteiger partial charge in [0.25, 0.3) is 0 Å². The van der Waals surface area contributed by atoms with E-state index in [-0.39, 0.29) is 0 Å². The van der Waals surface area contributed by atoms with E-state index in [2.05, 4.69) is 38.1 Å². The molecule has 126 valence electrons. The van der Waals surface area contributed by atoms with Gasteiger partial charge in [-0.2, -0.15) is 0 Å². The van der Waals surface area contributed by atoms with E-state index >= 15 is 0 Å². The summed E-state index contributed by atoms with van der Waals surface area (Å²) in [6.45, 7) is 4.57. The van der Waals surface area contributed by atoms with Gasteiger partial charge in [-0.25, -0.2) is 0 Å². The normalized spacial score (nSPS) is 11.0. The van der Waals surface area contributed by atoms with Crippen molar-refractivity contribution in [2.75, 3.05) is 0 Å². The number of hydrogen-bond acceptors (Lipinski definition) is 0. The molecule has 0 fully saturated rings. The van der Waals surface area contributed by atoms with E-state index in [1.165, 1.54) is 89.9 Å². The number of rotatable bonds is 14. The van der Waals surface area contributed by atoms with Crippen molar-refractivity contribution in [1.29, 1.82) is 0 Å². The molecule has 0 heterocycles. The number of unbranched alkanes of at least 4 members (excludes halogenated alkanes) is 10. The van der Waals surface area contributed by atoms with Crippen molar-refractivity contribution in [1.82, 2.24) is 0 Å². The molecule has 0 unspecified atom stereocenters. The molecule has 1 aromatic rings. The van der Waals surface area contributed by atoms with E-state index in [1.54, 1.807) is 11.1 Å². The minimum atomic E-state index is 1.27. The zero-order valence-electron chi connectivity index (χ0n) is 15.2. The SMILES string of the molecule is CCCCCCCCCCCCc1ccccc1CCCC. The van der Waals surface area contributed by atoms with Crippen molar-refractivity contribution < 1.29 is 0 Å². The van der Waals surface area contributed by atoms with Crippen LogP contribution in [0.15, 0.2) is 24.3 Å². The highest BCUT2D eigenvalue weighted by Gasteiger charge is 2.01. The first-order valence-electron chi connectivity index (χ1n) is 9.95. The van der Waals surface area contributed by atoms with E-state index < -0.39 is 0 Å². The molecule has 1 aromatic carbocycles. The summed E-state index contributed by atoms with van der Waals surface area (Å²) in [6, 6.07) is 9.09. The van der Waals surface area contributed by atoms with Gasteiger partial charge in [-0.05, 0) is 36.8 Å². The quantitative estimate of drug-likeness (QED) is 0.312. The summed E-state index contributed by atoms with van der Waals surface area (Å²) in [4.78, 5) is 0. The molecule has 0 bridgehead atoms. The van der Waals surface area contributed by atoms with Gasteiger partial charge in [-0.3, -0.25) is 0 Å². The topological polar surface area (TPSA) is 0 Å². The van der Waals surface area contributed by atoms with Crippen LogP contribution in [0.3, 0.4) is 0 Å².